The van der Waals surface area contributed by atoms with Gasteiger partial charge in [0.05, 0.1) is 38.3 Å². The Balaban J connectivity index is 2.13. The summed E-state index contributed by atoms with van der Waals surface area (Å²) in [6.45, 7) is 0. The van der Waals surface area contributed by atoms with Gasteiger partial charge in [-0.2, -0.15) is 5.10 Å². The molecule has 0 amide bonds. The molecule has 0 aromatic heterocycles. The number of rotatable bonds is 6. The summed E-state index contributed by atoms with van der Waals surface area (Å²) >= 11 is 6.06. The van der Waals surface area contributed by atoms with Gasteiger partial charge in [-0.15, -0.1) is 0 Å². The molecule has 0 saturated heterocycles. The molecule has 1 N–H and O–H groups in total. The summed E-state index contributed by atoms with van der Waals surface area (Å²) in [6.07, 6.45) is 1.65. The third-order valence-corrected chi connectivity index (χ3v) is 3.28. The molecule has 0 aliphatic carbocycles. The van der Waals surface area contributed by atoms with Gasteiger partial charge < -0.3 is 14.2 Å². The van der Waals surface area contributed by atoms with Crippen LogP contribution in [0.4, 0.5) is 5.69 Å². The number of ether oxygens (including phenoxy) is 3. The van der Waals surface area contributed by atoms with Crippen LogP contribution in [0.2, 0.25) is 5.02 Å². The SMILES string of the molecule is COc1ccc(OC)c(/C=N/Nc2ccc(OC)c(Cl)c2)c1. The number of anilines is 1. The van der Waals surface area contributed by atoms with Gasteiger partial charge in [0, 0.05) is 5.56 Å². The van der Waals surface area contributed by atoms with Crippen molar-refractivity contribution in [1.29, 1.82) is 0 Å². The topological polar surface area (TPSA) is 52.1 Å². The first-order valence-electron chi connectivity index (χ1n) is 6.52. The average Bonchev–Trinajstić information content (AvgIpc) is 2.55. The van der Waals surface area contributed by atoms with Crippen molar-refractivity contribution in [2.24, 2.45) is 5.10 Å². The van der Waals surface area contributed by atoms with E-state index in [1.807, 2.05) is 24.3 Å². The van der Waals surface area contributed by atoms with Gasteiger partial charge >= 0.3 is 0 Å². The standard InChI is InChI=1S/C16H17ClN2O3/c1-20-13-5-7-15(21-2)11(8-13)10-18-19-12-4-6-16(22-3)14(17)9-12/h4-10,19H,1-3H3/b18-10+. The molecule has 116 valence electrons. The lowest BCUT2D eigenvalue weighted by Gasteiger charge is -2.07. The summed E-state index contributed by atoms with van der Waals surface area (Å²) in [7, 11) is 4.79. The number of hydrogen-bond donors (Lipinski definition) is 1. The third kappa shape index (κ3) is 3.83. The van der Waals surface area contributed by atoms with E-state index in [2.05, 4.69) is 10.5 Å². The predicted octanol–water partition coefficient (Wildman–Crippen LogP) is 3.81. The molecule has 0 heterocycles. The molecular formula is C16H17ClN2O3. The van der Waals surface area contributed by atoms with Crippen LogP contribution in [0.15, 0.2) is 41.5 Å². The number of nitrogens with zero attached hydrogens (tertiary/aromatic N) is 1. The first kappa shape index (κ1) is 16.0. The largest absolute Gasteiger partial charge is 0.497 e. The summed E-state index contributed by atoms with van der Waals surface area (Å²) < 4.78 is 15.6. The first-order valence-corrected chi connectivity index (χ1v) is 6.90. The van der Waals surface area contributed by atoms with Crippen LogP contribution in [0, 0.1) is 0 Å². The van der Waals surface area contributed by atoms with Gasteiger partial charge in [0.25, 0.3) is 0 Å². The van der Waals surface area contributed by atoms with Crippen molar-refractivity contribution < 1.29 is 14.2 Å². The summed E-state index contributed by atoms with van der Waals surface area (Å²) in [5.41, 5.74) is 4.46. The second kappa shape index (κ2) is 7.56. The molecule has 0 aliphatic heterocycles. The fourth-order valence-electron chi connectivity index (χ4n) is 1.85. The van der Waals surface area contributed by atoms with Crippen molar-refractivity contribution in [3.05, 3.63) is 47.0 Å². The van der Waals surface area contributed by atoms with Crippen LogP contribution in [0.25, 0.3) is 0 Å². The van der Waals surface area contributed by atoms with E-state index in [-0.39, 0.29) is 0 Å². The maximum absolute atomic E-state index is 6.06. The highest BCUT2D eigenvalue weighted by Gasteiger charge is 2.03. The van der Waals surface area contributed by atoms with E-state index in [1.165, 1.54) is 0 Å². The van der Waals surface area contributed by atoms with Gasteiger partial charge in [0.1, 0.15) is 17.2 Å². The maximum atomic E-state index is 6.06. The highest BCUT2D eigenvalue weighted by Crippen LogP contribution is 2.27. The molecule has 2 rings (SSSR count). The van der Waals surface area contributed by atoms with Gasteiger partial charge in [0.15, 0.2) is 0 Å². The molecule has 0 bridgehead atoms. The normalized spacial score (nSPS) is 10.5. The minimum Gasteiger partial charge on any atom is -0.497 e. The fraction of sp³-hybridized carbons (Fsp3) is 0.188. The van der Waals surface area contributed by atoms with Crippen LogP contribution < -0.4 is 19.6 Å². The second-order valence-corrected chi connectivity index (χ2v) is 4.73. The van der Waals surface area contributed by atoms with E-state index in [0.717, 1.165) is 17.0 Å². The van der Waals surface area contributed by atoms with Crippen molar-refractivity contribution in [2.75, 3.05) is 26.8 Å². The Hall–Kier alpha value is -2.40. The quantitative estimate of drug-likeness (QED) is 0.649. The van der Waals surface area contributed by atoms with E-state index >= 15 is 0 Å². The van der Waals surface area contributed by atoms with Crippen molar-refractivity contribution in [3.8, 4) is 17.2 Å². The van der Waals surface area contributed by atoms with Gasteiger partial charge in [-0.3, -0.25) is 5.43 Å². The van der Waals surface area contributed by atoms with Gasteiger partial charge in [-0.25, -0.2) is 0 Å². The van der Waals surface area contributed by atoms with Crippen LogP contribution >= 0.6 is 11.6 Å². The van der Waals surface area contributed by atoms with E-state index in [1.54, 1.807) is 39.7 Å². The Kier molecular flexibility index (Phi) is 5.49. The Morgan fingerprint density at radius 1 is 0.955 bits per heavy atom. The lowest BCUT2D eigenvalue weighted by molar-refractivity contribution is 0.402. The van der Waals surface area contributed by atoms with Crippen molar-refractivity contribution >= 4 is 23.5 Å². The zero-order valence-corrected chi connectivity index (χ0v) is 13.3. The monoisotopic (exact) mass is 320 g/mol. The fourth-order valence-corrected chi connectivity index (χ4v) is 2.11. The van der Waals surface area contributed by atoms with Crippen molar-refractivity contribution in [1.82, 2.24) is 0 Å². The first-order chi connectivity index (χ1) is 10.7. The third-order valence-electron chi connectivity index (χ3n) is 2.99. The van der Waals surface area contributed by atoms with E-state index in [4.69, 9.17) is 25.8 Å². The smallest absolute Gasteiger partial charge is 0.137 e. The Bertz CT molecular complexity index is 674. The van der Waals surface area contributed by atoms with E-state index < -0.39 is 0 Å². The molecular weight excluding hydrogens is 304 g/mol. The molecule has 0 radical (unpaired) electrons. The molecule has 0 atom stereocenters. The van der Waals surface area contributed by atoms with Crippen LogP contribution in [-0.4, -0.2) is 27.5 Å². The molecule has 5 nitrogen and oxygen atoms in total. The summed E-state index contributed by atoms with van der Waals surface area (Å²) in [6, 6.07) is 10.8. The number of hydrazone groups is 1. The predicted molar refractivity (Wildman–Crippen MR) is 88.8 cm³/mol. The number of nitrogens with one attached hydrogen (secondary N) is 1. The number of methoxy groups -OCH3 is 3. The Morgan fingerprint density at radius 2 is 1.68 bits per heavy atom. The van der Waals surface area contributed by atoms with Crippen molar-refractivity contribution in [3.63, 3.8) is 0 Å². The molecule has 2 aromatic carbocycles. The molecule has 0 unspecified atom stereocenters. The minimum atomic E-state index is 0.515. The van der Waals surface area contributed by atoms with Gasteiger partial charge in [-0.1, -0.05) is 11.6 Å². The number of hydrogen-bond acceptors (Lipinski definition) is 5. The lowest BCUT2D eigenvalue weighted by atomic mass is 10.2. The molecule has 0 spiro atoms. The van der Waals surface area contributed by atoms with Gasteiger partial charge in [0.2, 0.25) is 0 Å². The van der Waals surface area contributed by atoms with Crippen molar-refractivity contribution in [2.45, 2.75) is 0 Å². The van der Waals surface area contributed by atoms with Crippen LogP contribution in [-0.2, 0) is 0 Å². The lowest BCUT2D eigenvalue weighted by Crippen LogP contribution is -1.95. The zero-order valence-electron chi connectivity index (χ0n) is 12.6. The summed E-state index contributed by atoms with van der Waals surface area (Å²) in [4.78, 5) is 0. The second-order valence-electron chi connectivity index (χ2n) is 4.33. The number of halogens is 1. The molecule has 6 heteroatoms. The zero-order chi connectivity index (χ0) is 15.9. The Labute approximate surface area is 134 Å². The highest BCUT2D eigenvalue weighted by molar-refractivity contribution is 6.32. The molecule has 2 aromatic rings. The van der Waals surface area contributed by atoms with Crippen LogP contribution in [0.5, 0.6) is 17.2 Å². The minimum absolute atomic E-state index is 0.515. The van der Waals surface area contributed by atoms with E-state index in [0.29, 0.717) is 16.5 Å². The summed E-state index contributed by atoms with van der Waals surface area (Å²) in [5, 5.41) is 4.70. The Morgan fingerprint density at radius 3 is 2.32 bits per heavy atom. The molecule has 0 fully saturated rings. The van der Waals surface area contributed by atoms with Gasteiger partial charge in [-0.05, 0) is 36.4 Å². The number of benzene rings is 2. The van der Waals surface area contributed by atoms with Crippen LogP contribution in [0.3, 0.4) is 0 Å². The van der Waals surface area contributed by atoms with E-state index in [9.17, 15) is 0 Å². The molecule has 0 saturated carbocycles. The average molecular weight is 321 g/mol. The molecule has 0 aliphatic rings. The maximum Gasteiger partial charge on any atom is 0.137 e. The van der Waals surface area contributed by atoms with Crippen LogP contribution in [0.1, 0.15) is 5.56 Å². The molecule has 22 heavy (non-hydrogen) atoms. The highest BCUT2D eigenvalue weighted by atomic mass is 35.5. The summed E-state index contributed by atoms with van der Waals surface area (Å²) in [5.74, 6) is 2.06.